The highest BCUT2D eigenvalue weighted by molar-refractivity contribution is 5.92. The van der Waals surface area contributed by atoms with Crippen LogP contribution in [-0.4, -0.2) is 27.5 Å². The number of benzene rings is 1. The molecule has 2 aromatic heterocycles. The quantitative estimate of drug-likeness (QED) is 0.454. The molecule has 0 aliphatic rings. The number of hydrogen-bond acceptors (Lipinski definition) is 5. The van der Waals surface area contributed by atoms with Crippen molar-refractivity contribution in [2.75, 3.05) is 6.61 Å². The molecule has 0 saturated heterocycles. The van der Waals surface area contributed by atoms with Crippen molar-refractivity contribution in [1.82, 2.24) is 15.0 Å². The van der Waals surface area contributed by atoms with Gasteiger partial charge in [-0.1, -0.05) is 31.5 Å². The minimum atomic E-state index is -0.637. The molecular formula is C16H15N3O3. The van der Waals surface area contributed by atoms with Crippen molar-refractivity contribution in [2.45, 2.75) is 19.8 Å². The highest BCUT2D eigenvalue weighted by atomic mass is 16.5. The summed E-state index contributed by atoms with van der Waals surface area (Å²) in [5.41, 5.74) is 0.564. The first kappa shape index (κ1) is 14.2. The normalized spacial score (nSPS) is 11.0. The molecule has 0 saturated carbocycles. The Bertz CT molecular complexity index is 902. The van der Waals surface area contributed by atoms with Crippen LogP contribution in [0.5, 0.6) is 0 Å². The smallest absolute Gasteiger partial charge is 0.374 e. The number of carbonyl (C=O) groups is 1. The van der Waals surface area contributed by atoms with E-state index in [0.717, 1.165) is 23.7 Å². The summed E-state index contributed by atoms with van der Waals surface area (Å²) in [4.78, 5) is 35.0. The van der Waals surface area contributed by atoms with Gasteiger partial charge in [0.05, 0.1) is 17.5 Å². The topological polar surface area (TPSA) is 84.9 Å². The molecule has 6 nitrogen and oxygen atoms in total. The van der Waals surface area contributed by atoms with Gasteiger partial charge in [-0.15, -0.1) is 0 Å². The lowest BCUT2D eigenvalue weighted by molar-refractivity contribution is 0.0485. The third-order valence-corrected chi connectivity index (χ3v) is 3.32. The second kappa shape index (κ2) is 5.93. The van der Waals surface area contributed by atoms with Crippen molar-refractivity contribution >= 4 is 27.9 Å². The maximum atomic E-state index is 12.1. The van der Waals surface area contributed by atoms with Crippen LogP contribution in [0.15, 0.2) is 35.1 Å². The number of rotatable bonds is 4. The Balaban J connectivity index is 2.05. The molecule has 0 radical (unpaired) electrons. The predicted molar refractivity (Wildman–Crippen MR) is 82.9 cm³/mol. The summed E-state index contributed by atoms with van der Waals surface area (Å²) < 4.78 is 5.06. The number of aromatic amines is 1. The van der Waals surface area contributed by atoms with Gasteiger partial charge in [0.25, 0.3) is 5.56 Å². The van der Waals surface area contributed by atoms with Crippen molar-refractivity contribution in [2.24, 2.45) is 0 Å². The highest BCUT2D eigenvalue weighted by Crippen LogP contribution is 2.15. The second-order valence-electron chi connectivity index (χ2n) is 4.96. The van der Waals surface area contributed by atoms with Crippen LogP contribution in [0.1, 0.15) is 30.4 Å². The molecule has 0 fully saturated rings. The van der Waals surface area contributed by atoms with Gasteiger partial charge in [0.15, 0.2) is 5.65 Å². The minimum absolute atomic E-state index is 0.114. The van der Waals surface area contributed by atoms with Crippen LogP contribution < -0.4 is 5.56 Å². The van der Waals surface area contributed by atoms with Gasteiger partial charge in [-0.05, 0) is 18.6 Å². The van der Waals surface area contributed by atoms with E-state index >= 15 is 0 Å². The molecule has 3 aromatic rings. The van der Waals surface area contributed by atoms with Gasteiger partial charge in [-0.3, -0.25) is 4.79 Å². The highest BCUT2D eigenvalue weighted by Gasteiger charge is 2.14. The van der Waals surface area contributed by atoms with Crippen LogP contribution in [0, 0.1) is 0 Å². The number of para-hydroxylation sites is 1. The Morgan fingerprint density at radius 2 is 2.09 bits per heavy atom. The molecule has 1 aromatic carbocycles. The Morgan fingerprint density at radius 1 is 1.27 bits per heavy atom. The molecule has 0 atom stereocenters. The average molecular weight is 297 g/mol. The lowest BCUT2D eigenvalue weighted by Gasteiger charge is -2.05. The number of pyridine rings is 1. The lowest BCUT2D eigenvalue weighted by atomic mass is 10.2. The molecule has 22 heavy (non-hydrogen) atoms. The maximum absolute atomic E-state index is 12.1. The maximum Gasteiger partial charge on any atom is 0.374 e. The number of H-pyrrole nitrogens is 1. The van der Waals surface area contributed by atoms with Gasteiger partial charge in [0, 0.05) is 5.39 Å². The van der Waals surface area contributed by atoms with Gasteiger partial charge in [0.2, 0.25) is 5.82 Å². The van der Waals surface area contributed by atoms with Crippen LogP contribution in [0.2, 0.25) is 0 Å². The first-order valence-electron chi connectivity index (χ1n) is 7.16. The number of esters is 1. The first-order valence-corrected chi connectivity index (χ1v) is 7.16. The summed E-state index contributed by atoms with van der Waals surface area (Å²) in [6, 6.07) is 9.14. The lowest BCUT2D eigenvalue weighted by Crippen LogP contribution is -2.18. The monoisotopic (exact) mass is 297 g/mol. The second-order valence-corrected chi connectivity index (χ2v) is 4.96. The third-order valence-electron chi connectivity index (χ3n) is 3.32. The van der Waals surface area contributed by atoms with Crippen molar-refractivity contribution < 1.29 is 9.53 Å². The van der Waals surface area contributed by atoms with Crippen molar-refractivity contribution in [1.29, 1.82) is 0 Å². The molecule has 0 bridgehead atoms. The number of ether oxygens (including phenoxy) is 1. The molecular weight excluding hydrogens is 282 g/mol. The Hall–Kier alpha value is -2.76. The molecule has 0 unspecified atom stereocenters. The van der Waals surface area contributed by atoms with E-state index in [0.29, 0.717) is 12.0 Å². The van der Waals surface area contributed by atoms with Crippen LogP contribution in [-0.2, 0) is 4.74 Å². The molecule has 1 N–H and O–H groups in total. The van der Waals surface area contributed by atoms with Gasteiger partial charge >= 0.3 is 5.97 Å². The fourth-order valence-electron chi connectivity index (χ4n) is 2.14. The number of carbonyl (C=O) groups excluding carboxylic acids is 1. The van der Waals surface area contributed by atoms with Crippen LogP contribution in [0.25, 0.3) is 21.9 Å². The summed E-state index contributed by atoms with van der Waals surface area (Å²) in [7, 11) is 0. The fraction of sp³-hybridized carbons (Fsp3) is 0.250. The molecule has 0 spiro atoms. The Morgan fingerprint density at radius 3 is 2.91 bits per heavy atom. The van der Waals surface area contributed by atoms with Gasteiger partial charge < -0.3 is 9.72 Å². The standard InChI is InChI=1S/C16H15N3O3/c1-2-3-8-22-16(21)14-18-13-11(15(20)19-14)9-10-6-4-5-7-12(10)17-13/h4-7,9H,2-3,8H2,1H3,(H,17,18,19,20). The zero-order chi connectivity index (χ0) is 15.5. The summed E-state index contributed by atoms with van der Waals surface area (Å²) in [5, 5.41) is 1.20. The van der Waals surface area contributed by atoms with E-state index in [1.807, 2.05) is 31.2 Å². The zero-order valence-corrected chi connectivity index (χ0v) is 12.1. The van der Waals surface area contributed by atoms with Crippen molar-refractivity contribution in [3.05, 3.63) is 46.5 Å². The molecule has 112 valence electrons. The summed E-state index contributed by atoms with van der Waals surface area (Å²) in [6.45, 7) is 2.31. The molecule has 0 aliphatic heterocycles. The SMILES string of the molecule is CCCCOC(=O)c1nc2nc3ccccc3cc2c(=O)[nH]1. The van der Waals surface area contributed by atoms with E-state index in [-0.39, 0.29) is 11.5 Å². The number of fused-ring (bicyclic) bond motifs is 2. The number of hydrogen-bond donors (Lipinski definition) is 1. The van der Waals surface area contributed by atoms with Crippen LogP contribution in [0.3, 0.4) is 0 Å². The van der Waals surface area contributed by atoms with Crippen molar-refractivity contribution in [3.63, 3.8) is 0 Å². The fourth-order valence-corrected chi connectivity index (χ4v) is 2.14. The molecule has 0 amide bonds. The van der Waals surface area contributed by atoms with E-state index in [1.54, 1.807) is 6.07 Å². The molecule has 3 rings (SSSR count). The third kappa shape index (κ3) is 2.67. The Labute approximate surface area is 126 Å². The zero-order valence-electron chi connectivity index (χ0n) is 12.1. The van der Waals surface area contributed by atoms with Gasteiger partial charge in [-0.25, -0.2) is 14.8 Å². The number of nitrogens with zero attached hydrogens (tertiary/aromatic N) is 2. The van der Waals surface area contributed by atoms with E-state index in [4.69, 9.17) is 4.74 Å². The van der Waals surface area contributed by atoms with Gasteiger partial charge in [-0.2, -0.15) is 0 Å². The van der Waals surface area contributed by atoms with E-state index in [1.165, 1.54) is 0 Å². The average Bonchev–Trinajstić information content (AvgIpc) is 2.53. The molecule has 6 heteroatoms. The summed E-state index contributed by atoms with van der Waals surface area (Å²) >= 11 is 0. The largest absolute Gasteiger partial charge is 0.460 e. The molecule has 2 heterocycles. The van der Waals surface area contributed by atoms with Crippen LogP contribution >= 0.6 is 0 Å². The minimum Gasteiger partial charge on any atom is -0.460 e. The van der Waals surface area contributed by atoms with Gasteiger partial charge in [0.1, 0.15) is 0 Å². The summed E-state index contributed by atoms with van der Waals surface area (Å²) in [6.07, 6.45) is 1.69. The number of aromatic nitrogens is 3. The Kier molecular flexibility index (Phi) is 3.82. The predicted octanol–water partition coefficient (Wildman–Crippen LogP) is 2.43. The number of unbranched alkanes of at least 4 members (excludes halogenated alkanes) is 1. The summed E-state index contributed by atoms with van der Waals surface area (Å²) in [5.74, 6) is -0.751. The van der Waals surface area contributed by atoms with E-state index in [2.05, 4.69) is 15.0 Å². The van der Waals surface area contributed by atoms with E-state index < -0.39 is 11.5 Å². The number of nitrogens with one attached hydrogen (secondary N) is 1. The van der Waals surface area contributed by atoms with Crippen LogP contribution in [0.4, 0.5) is 0 Å². The van der Waals surface area contributed by atoms with E-state index in [9.17, 15) is 9.59 Å². The first-order chi connectivity index (χ1) is 10.7. The van der Waals surface area contributed by atoms with Crippen molar-refractivity contribution in [3.8, 4) is 0 Å². The molecule has 0 aliphatic carbocycles.